The van der Waals surface area contributed by atoms with Gasteiger partial charge in [-0.1, -0.05) is 0 Å². The van der Waals surface area contributed by atoms with Crippen LogP contribution >= 0.6 is 22.6 Å². The van der Waals surface area contributed by atoms with Crippen LogP contribution in [0.3, 0.4) is 0 Å². The lowest BCUT2D eigenvalue weighted by Gasteiger charge is -1.94. The molecule has 1 rings (SSSR count). The fourth-order valence-corrected chi connectivity index (χ4v) is 0.954. The number of benzene rings is 1. The molecular formula is C7H3F2IO. The van der Waals surface area contributed by atoms with E-state index in [1.165, 1.54) is 28.7 Å². The van der Waals surface area contributed by atoms with E-state index in [2.05, 4.69) is 0 Å². The SMILES string of the molecule is O=C(I)c1ccc(F)c(F)c1. The molecule has 0 amide bonds. The molecule has 1 nitrogen and oxygen atoms in total. The quantitative estimate of drug-likeness (QED) is 0.565. The summed E-state index contributed by atoms with van der Waals surface area (Å²) in [5, 5.41) is 0. The summed E-state index contributed by atoms with van der Waals surface area (Å²) in [6.07, 6.45) is 0. The summed E-state index contributed by atoms with van der Waals surface area (Å²) < 4.78 is 24.4. The van der Waals surface area contributed by atoms with E-state index in [0.717, 1.165) is 12.1 Å². The molecule has 0 heterocycles. The standard InChI is InChI=1S/C7H3F2IO/c8-5-2-1-4(7(10)11)3-6(5)9/h1-3H. The first-order valence-electron chi connectivity index (χ1n) is 2.76. The molecule has 58 valence electrons. The van der Waals surface area contributed by atoms with Gasteiger partial charge in [-0.05, 0) is 18.2 Å². The Bertz CT molecular complexity index is 298. The highest BCUT2D eigenvalue weighted by molar-refractivity contribution is 14.1. The number of halogens is 3. The lowest BCUT2D eigenvalue weighted by atomic mass is 10.2. The van der Waals surface area contributed by atoms with E-state index in [1.807, 2.05) is 0 Å². The highest BCUT2D eigenvalue weighted by atomic mass is 127. The summed E-state index contributed by atoms with van der Waals surface area (Å²) in [4.78, 5) is 10.6. The first kappa shape index (κ1) is 8.58. The average Bonchev–Trinajstić information content (AvgIpc) is 1.94. The van der Waals surface area contributed by atoms with Crippen LogP contribution in [0.5, 0.6) is 0 Å². The number of carbonyl (C=O) groups excluding carboxylic acids is 1. The first-order chi connectivity index (χ1) is 5.11. The van der Waals surface area contributed by atoms with Gasteiger partial charge in [0.25, 0.3) is 0 Å². The highest BCUT2D eigenvalue weighted by Crippen LogP contribution is 2.11. The Labute approximate surface area is 75.6 Å². The van der Waals surface area contributed by atoms with Crippen LogP contribution in [0.15, 0.2) is 18.2 Å². The highest BCUT2D eigenvalue weighted by Gasteiger charge is 2.05. The van der Waals surface area contributed by atoms with Crippen LogP contribution in [0.2, 0.25) is 0 Å². The normalized spacial score (nSPS) is 9.73. The van der Waals surface area contributed by atoms with Crippen molar-refractivity contribution in [2.45, 2.75) is 0 Å². The molecule has 0 aliphatic heterocycles. The maximum atomic E-state index is 12.4. The first-order valence-corrected chi connectivity index (χ1v) is 3.84. The Morgan fingerprint density at radius 1 is 1.27 bits per heavy atom. The molecule has 0 bridgehead atoms. The van der Waals surface area contributed by atoms with Crippen molar-refractivity contribution in [1.82, 2.24) is 0 Å². The van der Waals surface area contributed by atoms with Crippen LogP contribution in [0, 0.1) is 11.6 Å². The van der Waals surface area contributed by atoms with Gasteiger partial charge in [0.2, 0.25) is 3.79 Å². The largest absolute Gasteiger partial charge is 0.282 e. The summed E-state index contributed by atoms with van der Waals surface area (Å²) in [6, 6.07) is 3.05. The van der Waals surface area contributed by atoms with Gasteiger partial charge in [0.05, 0.1) is 0 Å². The lowest BCUT2D eigenvalue weighted by Crippen LogP contribution is -1.91. The molecule has 0 saturated carbocycles. The Hall–Kier alpha value is -0.520. The fraction of sp³-hybridized carbons (Fsp3) is 0. The minimum absolute atomic E-state index is 0.171. The van der Waals surface area contributed by atoms with E-state index >= 15 is 0 Å². The molecule has 0 saturated heterocycles. The van der Waals surface area contributed by atoms with Crippen molar-refractivity contribution in [3.63, 3.8) is 0 Å². The van der Waals surface area contributed by atoms with Gasteiger partial charge in [-0.3, -0.25) is 4.79 Å². The monoisotopic (exact) mass is 268 g/mol. The second kappa shape index (κ2) is 3.25. The fourth-order valence-electron chi connectivity index (χ4n) is 0.618. The second-order valence-electron chi connectivity index (χ2n) is 1.90. The van der Waals surface area contributed by atoms with Gasteiger partial charge in [0.15, 0.2) is 11.6 Å². The molecule has 0 aromatic heterocycles. The molecule has 0 fully saturated rings. The van der Waals surface area contributed by atoms with Gasteiger partial charge in [-0.2, -0.15) is 0 Å². The summed E-state index contributed by atoms with van der Waals surface area (Å²) >= 11 is 1.51. The predicted octanol–water partition coefficient (Wildman–Crippen LogP) is 2.54. The molecule has 0 aliphatic carbocycles. The molecule has 0 N–H and O–H groups in total. The van der Waals surface area contributed by atoms with Crippen molar-refractivity contribution in [2.24, 2.45) is 0 Å². The smallest absolute Gasteiger partial charge is 0.222 e. The minimum atomic E-state index is -0.993. The zero-order valence-corrected chi connectivity index (χ0v) is 7.43. The van der Waals surface area contributed by atoms with Gasteiger partial charge < -0.3 is 0 Å². The third-order valence-electron chi connectivity index (χ3n) is 1.15. The van der Waals surface area contributed by atoms with Crippen molar-refractivity contribution >= 4 is 26.4 Å². The third kappa shape index (κ3) is 1.95. The van der Waals surface area contributed by atoms with Crippen molar-refractivity contribution in [3.05, 3.63) is 35.4 Å². The van der Waals surface area contributed by atoms with Crippen LogP contribution in [-0.2, 0) is 0 Å². The van der Waals surface area contributed by atoms with Crippen LogP contribution in [0.25, 0.3) is 0 Å². The van der Waals surface area contributed by atoms with Crippen molar-refractivity contribution in [3.8, 4) is 0 Å². The van der Waals surface area contributed by atoms with Gasteiger partial charge in [0.1, 0.15) is 0 Å². The number of hydrogen-bond donors (Lipinski definition) is 0. The van der Waals surface area contributed by atoms with Crippen molar-refractivity contribution < 1.29 is 13.6 Å². The van der Waals surface area contributed by atoms with Gasteiger partial charge >= 0.3 is 0 Å². The van der Waals surface area contributed by atoms with E-state index in [1.54, 1.807) is 0 Å². The Morgan fingerprint density at radius 2 is 1.91 bits per heavy atom. The van der Waals surface area contributed by atoms with Crippen molar-refractivity contribution in [2.75, 3.05) is 0 Å². The maximum Gasteiger partial charge on any atom is 0.222 e. The van der Waals surface area contributed by atoms with Crippen LogP contribution in [0.1, 0.15) is 10.4 Å². The van der Waals surface area contributed by atoms with E-state index in [4.69, 9.17) is 0 Å². The number of hydrogen-bond acceptors (Lipinski definition) is 1. The van der Waals surface area contributed by atoms with Gasteiger partial charge in [-0.15, -0.1) is 0 Å². The Morgan fingerprint density at radius 3 is 2.36 bits per heavy atom. The van der Waals surface area contributed by atoms with Crippen LogP contribution in [-0.4, -0.2) is 3.79 Å². The van der Waals surface area contributed by atoms with E-state index in [0.29, 0.717) is 0 Å². The average molecular weight is 268 g/mol. The molecular weight excluding hydrogens is 265 g/mol. The zero-order valence-electron chi connectivity index (χ0n) is 5.27. The Balaban J connectivity index is 3.15. The van der Waals surface area contributed by atoms with E-state index < -0.39 is 11.6 Å². The van der Waals surface area contributed by atoms with Gasteiger partial charge in [0, 0.05) is 28.2 Å². The van der Waals surface area contributed by atoms with Crippen LogP contribution in [0.4, 0.5) is 8.78 Å². The van der Waals surface area contributed by atoms with Crippen LogP contribution < -0.4 is 0 Å². The molecule has 0 unspecified atom stereocenters. The second-order valence-corrected chi connectivity index (χ2v) is 2.88. The summed E-state index contributed by atoms with van der Waals surface area (Å²) in [7, 11) is 0. The molecule has 11 heavy (non-hydrogen) atoms. The Kier molecular flexibility index (Phi) is 2.53. The van der Waals surface area contributed by atoms with Gasteiger partial charge in [-0.25, -0.2) is 8.78 Å². The van der Waals surface area contributed by atoms with E-state index in [-0.39, 0.29) is 9.35 Å². The zero-order chi connectivity index (χ0) is 8.43. The number of carbonyl (C=O) groups is 1. The summed E-state index contributed by atoms with van der Waals surface area (Å²) in [6.45, 7) is 0. The molecule has 0 aliphatic rings. The molecule has 0 spiro atoms. The predicted molar refractivity (Wildman–Crippen MR) is 44.7 cm³/mol. The lowest BCUT2D eigenvalue weighted by molar-refractivity contribution is 0.110. The molecule has 1 aromatic rings. The van der Waals surface area contributed by atoms with Crippen molar-refractivity contribution in [1.29, 1.82) is 0 Å². The molecule has 4 heteroatoms. The molecule has 0 radical (unpaired) electrons. The topological polar surface area (TPSA) is 17.1 Å². The molecule has 1 aromatic carbocycles. The summed E-state index contributed by atoms with van der Waals surface area (Å²) in [5.41, 5.74) is 0.171. The summed E-state index contributed by atoms with van der Waals surface area (Å²) in [5.74, 6) is -1.93. The minimum Gasteiger partial charge on any atom is -0.282 e. The third-order valence-corrected chi connectivity index (χ3v) is 1.77. The molecule has 0 atom stereocenters. The van der Waals surface area contributed by atoms with E-state index in [9.17, 15) is 13.6 Å². The maximum absolute atomic E-state index is 12.4. The number of rotatable bonds is 1.